The Labute approximate surface area is 153 Å². The Morgan fingerprint density at radius 3 is 2.76 bits per heavy atom. The third kappa shape index (κ3) is 4.40. The lowest BCUT2D eigenvalue weighted by Gasteiger charge is -2.11. The van der Waals surface area contributed by atoms with Crippen molar-refractivity contribution < 1.29 is 9.21 Å². The Bertz CT molecular complexity index is 860. The van der Waals surface area contributed by atoms with Gasteiger partial charge in [0.15, 0.2) is 0 Å². The average molecular weight is 378 g/mol. The van der Waals surface area contributed by atoms with Crippen molar-refractivity contribution in [2.45, 2.75) is 25.1 Å². The predicted molar refractivity (Wildman–Crippen MR) is 96.7 cm³/mol. The fourth-order valence-corrected chi connectivity index (χ4v) is 2.80. The molecule has 130 valence electrons. The summed E-state index contributed by atoms with van der Waals surface area (Å²) >= 11 is 7.03. The minimum Gasteiger partial charge on any atom is -0.411 e. The number of thioether (sulfide) groups is 1. The number of carbonyl (C=O) groups excluding carboxylic acids is 1. The topological polar surface area (TPSA) is 85.8 Å². The van der Waals surface area contributed by atoms with Crippen LogP contribution in [0, 0.1) is 0 Å². The summed E-state index contributed by atoms with van der Waals surface area (Å²) in [5, 5.41) is 15.9. The van der Waals surface area contributed by atoms with E-state index in [1.807, 2.05) is 13.8 Å². The number of benzene rings is 1. The van der Waals surface area contributed by atoms with Crippen LogP contribution in [-0.2, 0) is 4.79 Å². The summed E-state index contributed by atoms with van der Waals surface area (Å²) in [5.41, 5.74) is 0.772. The van der Waals surface area contributed by atoms with Crippen molar-refractivity contribution in [2.24, 2.45) is 0 Å². The molecule has 0 bridgehead atoms. The number of halogens is 1. The van der Waals surface area contributed by atoms with Crippen molar-refractivity contribution in [1.82, 2.24) is 20.0 Å². The molecule has 2 aromatic heterocycles. The molecule has 0 atom stereocenters. The molecule has 0 aliphatic carbocycles. The second-order valence-corrected chi connectivity index (χ2v) is 6.83. The van der Waals surface area contributed by atoms with E-state index in [4.69, 9.17) is 16.0 Å². The zero-order valence-corrected chi connectivity index (χ0v) is 15.2. The van der Waals surface area contributed by atoms with E-state index >= 15 is 0 Å². The maximum Gasteiger partial charge on any atom is 0.277 e. The molecule has 0 aliphatic rings. The molecule has 0 spiro atoms. The number of rotatable bonds is 6. The molecule has 1 aromatic carbocycles. The maximum atomic E-state index is 12.1. The van der Waals surface area contributed by atoms with E-state index in [1.165, 1.54) is 11.8 Å². The summed E-state index contributed by atoms with van der Waals surface area (Å²) in [4.78, 5) is 12.1. The number of hydrogen-bond acceptors (Lipinski definition) is 6. The average Bonchev–Trinajstić information content (AvgIpc) is 3.23. The number of aromatic nitrogens is 4. The van der Waals surface area contributed by atoms with Gasteiger partial charge in [0, 0.05) is 22.7 Å². The van der Waals surface area contributed by atoms with Gasteiger partial charge in [0.25, 0.3) is 5.22 Å². The van der Waals surface area contributed by atoms with E-state index in [-0.39, 0.29) is 17.7 Å². The van der Waals surface area contributed by atoms with Crippen LogP contribution in [0.1, 0.15) is 19.9 Å². The molecule has 1 amide bonds. The highest BCUT2D eigenvalue weighted by atomic mass is 35.5. The molecule has 0 saturated carbocycles. The summed E-state index contributed by atoms with van der Waals surface area (Å²) in [6.45, 7) is 3.99. The number of nitrogens with zero attached hydrogens (tertiary/aromatic N) is 4. The standard InChI is InChI=1S/C16H16ClN5O2S/c1-10(2)22-13(7-8-18-22)19-14(23)9-25-16-21-20-15(24-16)11-3-5-12(17)6-4-11/h3-8,10H,9H2,1-2H3,(H,19,23). The van der Waals surface area contributed by atoms with Crippen LogP contribution in [0.5, 0.6) is 0 Å². The summed E-state index contributed by atoms with van der Waals surface area (Å²) < 4.78 is 7.30. The summed E-state index contributed by atoms with van der Waals surface area (Å²) in [5.74, 6) is 1.04. The number of hydrogen-bond donors (Lipinski definition) is 1. The quantitative estimate of drug-likeness (QED) is 0.655. The third-order valence-electron chi connectivity index (χ3n) is 3.25. The Balaban J connectivity index is 1.57. The molecule has 0 fully saturated rings. The van der Waals surface area contributed by atoms with Gasteiger partial charge in [-0.2, -0.15) is 5.10 Å². The van der Waals surface area contributed by atoms with Gasteiger partial charge in [-0.15, -0.1) is 10.2 Å². The fourth-order valence-electron chi connectivity index (χ4n) is 2.11. The first-order valence-electron chi connectivity index (χ1n) is 7.58. The third-order valence-corrected chi connectivity index (χ3v) is 4.32. The van der Waals surface area contributed by atoms with Gasteiger partial charge >= 0.3 is 0 Å². The lowest BCUT2D eigenvalue weighted by molar-refractivity contribution is -0.113. The first-order chi connectivity index (χ1) is 12.0. The number of anilines is 1. The van der Waals surface area contributed by atoms with Crippen LogP contribution in [-0.4, -0.2) is 31.6 Å². The zero-order valence-electron chi connectivity index (χ0n) is 13.6. The van der Waals surface area contributed by atoms with Crippen LogP contribution >= 0.6 is 23.4 Å². The molecular formula is C16H16ClN5O2S. The maximum absolute atomic E-state index is 12.1. The van der Waals surface area contributed by atoms with Crippen LogP contribution in [0.2, 0.25) is 5.02 Å². The number of carbonyl (C=O) groups is 1. The molecule has 3 rings (SSSR count). The van der Waals surface area contributed by atoms with E-state index in [1.54, 1.807) is 41.2 Å². The van der Waals surface area contributed by atoms with E-state index in [2.05, 4.69) is 20.6 Å². The molecule has 0 saturated heterocycles. The Morgan fingerprint density at radius 2 is 2.04 bits per heavy atom. The van der Waals surface area contributed by atoms with Gasteiger partial charge < -0.3 is 9.73 Å². The van der Waals surface area contributed by atoms with E-state index < -0.39 is 0 Å². The number of nitrogens with one attached hydrogen (secondary N) is 1. The van der Waals surface area contributed by atoms with E-state index in [0.717, 1.165) is 5.56 Å². The van der Waals surface area contributed by atoms with Gasteiger partial charge in [-0.05, 0) is 38.1 Å². The Kier molecular flexibility index (Phi) is 5.40. The minimum absolute atomic E-state index is 0.158. The Hall–Kier alpha value is -2.32. The van der Waals surface area contributed by atoms with E-state index in [9.17, 15) is 4.79 Å². The van der Waals surface area contributed by atoms with Crippen molar-refractivity contribution in [3.05, 3.63) is 41.6 Å². The van der Waals surface area contributed by atoms with Crippen LogP contribution in [0.4, 0.5) is 5.82 Å². The van der Waals surface area contributed by atoms with Crippen LogP contribution in [0.3, 0.4) is 0 Å². The van der Waals surface area contributed by atoms with Gasteiger partial charge in [-0.25, -0.2) is 4.68 Å². The highest BCUT2D eigenvalue weighted by Gasteiger charge is 2.13. The van der Waals surface area contributed by atoms with Crippen molar-refractivity contribution in [3.8, 4) is 11.5 Å². The first-order valence-corrected chi connectivity index (χ1v) is 8.95. The summed E-state index contributed by atoms with van der Waals surface area (Å²) in [6.07, 6.45) is 1.65. The number of amides is 1. The fraction of sp³-hybridized carbons (Fsp3) is 0.250. The van der Waals surface area contributed by atoms with Gasteiger partial charge in [-0.3, -0.25) is 4.79 Å². The lowest BCUT2D eigenvalue weighted by Crippen LogP contribution is -2.18. The largest absolute Gasteiger partial charge is 0.411 e. The molecule has 1 N–H and O–H groups in total. The van der Waals surface area contributed by atoms with Crippen molar-refractivity contribution in [2.75, 3.05) is 11.1 Å². The minimum atomic E-state index is -0.168. The molecule has 25 heavy (non-hydrogen) atoms. The normalized spacial score (nSPS) is 11.0. The van der Waals surface area contributed by atoms with Crippen LogP contribution < -0.4 is 5.32 Å². The van der Waals surface area contributed by atoms with Crippen molar-refractivity contribution >= 4 is 35.1 Å². The molecule has 0 unspecified atom stereocenters. The predicted octanol–water partition coefficient (Wildman–Crippen LogP) is 3.90. The monoisotopic (exact) mass is 377 g/mol. The second-order valence-electron chi connectivity index (χ2n) is 5.47. The molecule has 3 aromatic rings. The van der Waals surface area contributed by atoms with Crippen molar-refractivity contribution in [3.63, 3.8) is 0 Å². The van der Waals surface area contributed by atoms with E-state index in [0.29, 0.717) is 22.0 Å². The first kappa shape index (κ1) is 17.5. The van der Waals surface area contributed by atoms with Crippen LogP contribution in [0.25, 0.3) is 11.5 Å². The van der Waals surface area contributed by atoms with Gasteiger partial charge in [0.05, 0.1) is 11.9 Å². The summed E-state index contributed by atoms with van der Waals surface area (Å²) in [6, 6.07) is 9.01. The van der Waals surface area contributed by atoms with Crippen LogP contribution in [0.15, 0.2) is 46.2 Å². The zero-order chi connectivity index (χ0) is 17.8. The van der Waals surface area contributed by atoms with Gasteiger partial charge in [0.1, 0.15) is 5.82 Å². The van der Waals surface area contributed by atoms with Crippen molar-refractivity contribution in [1.29, 1.82) is 0 Å². The second kappa shape index (κ2) is 7.71. The molecule has 2 heterocycles. The Morgan fingerprint density at radius 1 is 1.28 bits per heavy atom. The SMILES string of the molecule is CC(C)n1nccc1NC(=O)CSc1nnc(-c2ccc(Cl)cc2)o1. The lowest BCUT2D eigenvalue weighted by atomic mass is 10.2. The summed E-state index contributed by atoms with van der Waals surface area (Å²) in [7, 11) is 0. The molecule has 0 aliphatic heterocycles. The molecule has 9 heteroatoms. The molecule has 7 nitrogen and oxygen atoms in total. The highest BCUT2D eigenvalue weighted by Crippen LogP contribution is 2.24. The highest BCUT2D eigenvalue weighted by molar-refractivity contribution is 7.99. The molecular weight excluding hydrogens is 362 g/mol. The van der Waals surface area contributed by atoms with Gasteiger partial charge in [0.2, 0.25) is 11.8 Å². The smallest absolute Gasteiger partial charge is 0.277 e. The molecule has 0 radical (unpaired) electrons. The van der Waals surface area contributed by atoms with Gasteiger partial charge in [-0.1, -0.05) is 23.4 Å².